The number of hydrogen-bond donors (Lipinski definition) is 1. The molecule has 2 nitrogen and oxygen atoms in total. The van der Waals surface area contributed by atoms with E-state index >= 15 is 0 Å². The minimum atomic E-state index is 1.06. The Balaban J connectivity index is 3.09. The van der Waals surface area contributed by atoms with Crippen LogP contribution in [0, 0.1) is 13.8 Å². The third-order valence-corrected chi connectivity index (χ3v) is 1.67. The summed E-state index contributed by atoms with van der Waals surface area (Å²) >= 11 is 0. The monoisotopic (exact) mass is 148 g/mol. The van der Waals surface area contributed by atoms with Gasteiger partial charge < -0.3 is 0 Å². The molecule has 2 heteroatoms. The largest absolute Gasteiger partial charge is 0.279 e. The van der Waals surface area contributed by atoms with Crippen molar-refractivity contribution in [2.45, 2.75) is 13.8 Å². The zero-order valence-electron chi connectivity index (χ0n) is 6.89. The van der Waals surface area contributed by atoms with Gasteiger partial charge in [0.1, 0.15) is 0 Å². The number of hydrogen-bond acceptors (Lipinski definition) is 2. The third-order valence-electron chi connectivity index (χ3n) is 1.67. The van der Waals surface area contributed by atoms with Crippen LogP contribution in [-0.2, 0) is 0 Å². The van der Waals surface area contributed by atoms with E-state index in [0.29, 0.717) is 0 Å². The van der Waals surface area contributed by atoms with Crippen molar-refractivity contribution in [3.63, 3.8) is 0 Å². The topological polar surface area (TPSA) is 24.4 Å². The first-order chi connectivity index (χ1) is 5.25. The lowest BCUT2D eigenvalue weighted by atomic mass is 10.1. The molecule has 1 N–H and O–H groups in total. The number of rotatable bonds is 2. The molecular formula is C9H12N2. The maximum absolute atomic E-state index is 3.63. The minimum Gasteiger partial charge on any atom is -0.279 e. The first-order valence-corrected chi connectivity index (χ1v) is 3.53. The molecule has 0 saturated carbocycles. The summed E-state index contributed by atoms with van der Waals surface area (Å²) in [5.74, 6) is 0. The van der Waals surface area contributed by atoms with Gasteiger partial charge in [-0.25, -0.2) is 0 Å². The van der Waals surface area contributed by atoms with Gasteiger partial charge in [0, 0.05) is 6.72 Å². The lowest BCUT2D eigenvalue weighted by molar-refractivity contribution is 1.28. The van der Waals surface area contributed by atoms with Crippen LogP contribution in [-0.4, -0.2) is 6.72 Å². The molecule has 0 unspecified atom stereocenters. The summed E-state index contributed by atoms with van der Waals surface area (Å²) in [6, 6.07) is 6.11. The van der Waals surface area contributed by atoms with Gasteiger partial charge in [0.15, 0.2) is 0 Å². The highest BCUT2D eigenvalue weighted by Gasteiger charge is 1.97. The molecule has 1 rings (SSSR count). The molecule has 0 bridgehead atoms. The summed E-state index contributed by atoms with van der Waals surface area (Å²) in [5.41, 5.74) is 6.30. The van der Waals surface area contributed by atoms with Gasteiger partial charge in [-0.2, -0.15) is 5.10 Å². The van der Waals surface area contributed by atoms with Crippen LogP contribution in [0.3, 0.4) is 0 Å². The van der Waals surface area contributed by atoms with Crippen LogP contribution in [0.1, 0.15) is 11.1 Å². The Labute approximate surface area is 66.9 Å². The van der Waals surface area contributed by atoms with Crippen molar-refractivity contribution in [1.82, 2.24) is 0 Å². The Morgan fingerprint density at radius 3 is 2.27 bits per heavy atom. The number of benzene rings is 1. The fraction of sp³-hybridized carbons (Fsp3) is 0.222. The molecule has 0 aliphatic rings. The van der Waals surface area contributed by atoms with Gasteiger partial charge in [0.05, 0.1) is 5.69 Å². The first-order valence-electron chi connectivity index (χ1n) is 3.53. The Bertz CT molecular complexity index is 246. The highest BCUT2D eigenvalue weighted by atomic mass is 15.3. The lowest BCUT2D eigenvalue weighted by Gasteiger charge is -2.06. The standard InChI is InChI=1S/C9H12N2/c1-7-5-4-6-8(2)9(7)11-10-3/h4-6,11H,3H2,1-2H3. The van der Waals surface area contributed by atoms with Gasteiger partial charge in [-0.3, -0.25) is 5.43 Å². The molecule has 1 aromatic rings. The average Bonchev–Trinajstić information content (AvgIpc) is 1.97. The van der Waals surface area contributed by atoms with Crippen molar-refractivity contribution in [2.24, 2.45) is 5.10 Å². The Morgan fingerprint density at radius 2 is 1.82 bits per heavy atom. The van der Waals surface area contributed by atoms with E-state index in [-0.39, 0.29) is 0 Å². The summed E-state index contributed by atoms with van der Waals surface area (Å²) in [5, 5.41) is 3.63. The van der Waals surface area contributed by atoms with Gasteiger partial charge in [-0.15, -0.1) is 0 Å². The van der Waals surface area contributed by atoms with Crippen LogP contribution in [0.2, 0.25) is 0 Å². The highest BCUT2D eigenvalue weighted by Crippen LogP contribution is 2.18. The van der Waals surface area contributed by atoms with Gasteiger partial charge in [0.2, 0.25) is 0 Å². The Hall–Kier alpha value is -1.31. The molecule has 0 saturated heterocycles. The molecule has 1 aromatic carbocycles. The van der Waals surface area contributed by atoms with Crippen LogP contribution in [0.5, 0.6) is 0 Å². The van der Waals surface area contributed by atoms with E-state index in [1.807, 2.05) is 32.0 Å². The molecule has 0 aliphatic carbocycles. The fourth-order valence-electron chi connectivity index (χ4n) is 1.07. The minimum absolute atomic E-state index is 1.06. The predicted octanol–water partition coefficient (Wildman–Crippen LogP) is 2.33. The molecule has 11 heavy (non-hydrogen) atoms. The van der Waals surface area contributed by atoms with E-state index < -0.39 is 0 Å². The summed E-state index contributed by atoms with van der Waals surface area (Å²) in [6.07, 6.45) is 0. The van der Waals surface area contributed by atoms with Crippen LogP contribution in [0.15, 0.2) is 23.3 Å². The highest BCUT2D eigenvalue weighted by molar-refractivity contribution is 5.56. The molecule has 0 amide bonds. The Morgan fingerprint density at radius 1 is 1.27 bits per heavy atom. The maximum atomic E-state index is 3.63. The van der Waals surface area contributed by atoms with E-state index in [9.17, 15) is 0 Å². The number of para-hydroxylation sites is 1. The lowest BCUT2D eigenvalue weighted by Crippen LogP contribution is -1.92. The quantitative estimate of drug-likeness (QED) is 0.505. The van der Waals surface area contributed by atoms with Crippen molar-refractivity contribution < 1.29 is 0 Å². The van der Waals surface area contributed by atoms with Crippen molar-refractivity contribution in [3.8, 4) is 0 Å². The second-order valence-electron chi connectivity index (χ2n) is 2.54. The molecule has 58 valence electrons. The first kappa shape index (κ1) is 7.79. The summed E-state index contributed by atoms with van der Waals surface area (Å²) in [4.78, 5) is 0. The predicted molar refractivity (Wildman–Crippen MR) is 49.1 cm³/mol. The SMILES string of the molecule is C=NNc1c(C)cccc1C. The fourth-order valence-corrected chi connectivity index (χ4v) is 1.07. The second-order valence-corrected chi connectivity index (χ2v) is 2.54. The Kier molecular flexibility index (Phi) is 2.26. The zero-order chi connectivity index (χ0) is 8.27. The molecular weight excluding hydrogens is 136 g/mol. The van der Waals surface area contributed by atoms with Gasteiger partial charge in [-0.1, -0.05) is 18.2 Å². The van der Waals surface area contributed by atoms with E-state index in [4.69, 9.17) is 0 Å². The number of aryl methyl sites for hydroxylation is 2. The maximum Gasteiger partial charge on any atom is 0.0619 e. The van der Waals surface area contributed by atoms with E-state index in [1.54, 1.807) is 0 Å². The van der Waals surface area contributed by atoms with Gasteiger partial charge in [-0.05, 0) is 25.0 Å². The smallest absolute Gasteiger partial charge is 0.0619 e. The van der Waals surface area contributed by atoms with Crippen LogP contribution >= 0.6 is 0 Å². The number of nitrogens with one attached hydrogen (secondary N) is 1. The molecule has 0 heterocycles. The zero-order valence-corrected chi connectivity index (χ0v) is 6.89. The van der Waals surface area contributed by atoms with Crippen molar-refractivity contribution in [3.05, 3.63) is 29.3 Å². The third kappa shape index (κ3) is 1.58. The summed E-state index contributed by atoms with van der Waals surface area (Å²) < 4.78 is 0. The summed E-state index contributed by atoms with van der Waals surface area (Å²) in [7, 11) is 0. The van der Waals surface area contributed by atoms with E-state index in [2.05, 4.69) is 17.2 Å². The second kappa shape index (κ2) is 3.19. The number of nitrogens with zero attached hydrogens (tertiary/aromatic N) is 1. The van der Waals surface area contributed by atoms with Gasteiger partial charge in [0.25, 0.3) is 0 Å². The normalized spacial score (nSPS) is 9.27. The van der Waals surface area contributed by atoms with Crippen molar-refractivity contribution in [1.29, 1.82) is 0 Å². The number of anilines is 1. The van der Waals surface area contributed by atoms with Crippen LogP contribution in [0.4, 0.5) is 5.69 Å². The average molecular weight is 148 g/mol. The van der Waals surface area contributed by atoms with Crippen LogP contribution in [0.25, 0.3) is 0 Å². The molecule has 0 fully saturated rings. The molecule has 0 radical (unpaired) electrons. The molecule has 0 aromatic heterocycles. The van der Waals surface area contributed by atoms with E-state index in [1.165, 1.54) is 11.1 Å². The van der Waals surface area contributed by atoms with Crippen molar-refractivity contribution in [2.75, 3.05) is 5.43 Å². The molecule has 0 atom stereocenters. The van der Waals surface area contributed by atoms with Crippen LogP contribution < -0.4 is 5.43 Å². The molecule has 0 spiro atoms. The molecule has 0 aliphatic heterocycles. The van der Waals surface area contributed by atoms with E-state index in [0.717, 1.165) is 5.69 Å². The van der Waals surface area contributed by atoms with Gasteiger partial charge >= 0.3 is 0 Å². The van der Waals surface area contributed by atoms with Crippen molar-refractivity contribution >= 4 is 12.4 Å². The number of hydrazone groups is 1. The summed E-state index contributed by atoms with van der Waals surface area (Å²) in [6.45, 7) is 7.46.